The smallest absolute Gasteiger partial charge is 0.254 e. The molecule has 0 radical (unpaired) electrons. The summed E-state index contributed by atoms with van der Waals surface area (Å²) in [6, 6.07) is 8.42. The Kier molecular flexibility index (Phi) is 5.85. The number of nitrogens with zero attached hydrogens (tertiary/aromatic N) is 6. The molecule has 1 atom stereocenters. The molecule has 1 amide bonds. The second kappa shape index (κ2) is 8.71. The molecule has 1 fully saturated rings. The maximum Gasteiger partial charge on any atom is 0.254 e. The van der Waals surface area contributed by atoms with E-state index >= 15 is 0 Å². The highest BCUT2D eigenvalue weighted by molar-refractivity contribution is 5.93. The number of carbonyl (C=O) groups excluding carboxylic acids is 1. The number of aromatic nitrogens is 4. The van der Waals surface area contributed by atoms with Crippen molar-refractivity contribution in [3.05, 3.63) is 54.1 Å². The molecule has 0 aromatic carbocycles. The van der Waals surface area contributed by atoms with E-state index in [4.69, 9.17) is 4.98 Å². The molecule has 8 nitrogen and oxygen atoms in total. The van der Waals surface area contributed by atoms with Crippen LogP contribution in [0, 0.1) is 0 Å². The summed E-state index contributed by atoms with van der Waals surface area (Å²) in [6.45, 7) is 9.48. The Morgan fingerprint density at radius 1 is 1.00 bits per heavy atom. The van der Waals surface area contributed by atoms with E-state index in [1.54, 1.807) is 18.6 Å². The lowest BCUT2D eigenvalue weighted by Crippen LogP contribution is -2.47. The summed E-state index contributed by atoms with van der Waals surface area (Å²) in [4.78, 5) is 34.6. The topological polar surface area (TPSA) is 87.1 Å². The number of hydrogen-bond acceptors (Lipinski definition) is 7. The molecule has 156 valence electrons. The number of carbonyl (C=O) groups is 1. The Morgan fingerprint density at radius 3 is 2.43 bits per heavy atom. The highest BCUT2D eigenvalue weighted by Crippen LogP contribution is 2.23. The normalized spacial score (nSPS) is 16.1. The quantitative estimate of drug-likeness (QED) is 0.698. The van der Waals surface area contributed by atoms with Crippen molar-refractivity contribution in [3.63, 3.8) is 0 Å². The molecule has 1 saturated heterocycles. The molecular weight excluding hydrogens is 378 g/mol. The summed E-state index contributed by atoms with van der Waals surface area (Å²) in [5.41, 5.74) is 2.30. The Labute approximate surface area is 176 Å². The number of piperazine rings is 1. The fraction of sp³-hybridized carbons (Fsp3) is 0.409. The van der Waals surface area contributed by atoms with Gasteiger partial charge in [-0.15, -0.1) is 0 Å². The van der Waals surface area contributed by atoms with Crippen LogP contribution < -0.4 is 10.2 Å². The third kappa shape index (κ3) is 4.38. The molecule has 0 aliphatic carbocycles. The molecule has 0 bridgehead atoms. The number of fused-ring (bicyclic) bond motifs is 1. The number of hydrogen-bond donors (Lipinski definition) is 1. The lowest BCUT2D eigenvalue weighted by molar-refractivity contribution is 0.0942. The van der Waals surface area contributed by atoms with Crippen molar-refractivity contribution >= 4 is 22.9 Å². The van der Waals surface area contributed by atoms with Gasteiger partial charge >= 0.3 is 0 Å². The minimum atomic E-state index is -0.146. The van der Waals surface area contributed by atoms with Crippen molar-refractivity contribution < 1.29 is 4.79 Å². The lowest BCUT2D eigenvalue weighted by atomic mass is 10.1. The third-order valence-corrected chi connectivity index (χ3v) is 5.38. The predicted octanol–water partition coefficient (Wildman–Crippen LogP) is 2.44. The first-order valence-corrected chi connectivity index (χ1v) is 10.3. The molecule has 4 heterocycles. The highest BCUT2D eigenvalue weighted by atomic mass is 16.1. The zero-order chi connectivity index (χ0) is 21.1. The highest BCUT2D eigenvalue weighted by Gasteiger charge is 2.24. The van der Waals surface area contributed by atoms with Crippen LogP contribution >= 0.6 is 0 Å². The number of amides is 1. The molecule has 4 rings (SSSR count). The maximum atomic E-state index is 12.1. The number of nitrogens with one attached hydrogen (secondary N) is 1. The molecule has 0 saturated carbocycles. The Hall–Kier alpha value is -3.13. The lowest BCUT2D eigenvalue weighted by Gasteiger charge is -2.37. The van der Waals surface area contributed by atoms with Gasteiger partial charge in [0.15, 0.2) is 5.65 Å². The van der Waals surface area contributed by atoms with E-state index in [9.17, 15) is 4.79 Å². The molecule has 1 N–H and O–H groups in total. The number of pyridine rings is 2. The zero-order valence-electron chi connectivity index (χ0n) is 17.6. The van der Waals surface area contributed by atoms with E-state index in [1.807, 2.05) is 26.0 Å². The van der Waals surface area contributed by atoms with Gasteiger partial charge in [0.25, 0.3) is 5.91 Å². The predicted molar refractivity (Wildman–Crippen MR) is 116 cm³/mol. The van der Waals surface area contributed by atoms with Gasteiger partial charge in [0, 0.05) is 62.2 Å². The number of rotatable bonds is 5. The van der Waals surface area contributed by atoms with Crippen LogP contribution in [0.2, 0.25) is 0 Å². The van der Waals surface area contributed by atoms with Crippen LogP contribution in [0.1, 0.15) is 42.9 Å². The van der Waals surface area contributed by atoms with Crippen LogP contribution in [0.5, 0.6) is 0 Å². The fourth-order valence-corrected chi connectivity index (χ4v) is 3.64. The molecule has 1 unspecified atom stereocenters. The van der Waals surface area contributed by atoms with Crippen LogP contribution in [-0.2, 0) is 0 Å². The van der Waals surface area contributed by atoms with Crippen molar-refractivity contribution in [2.24, 2.45) is 0 Å². The van der Waals surface area contributed by atoms with Crippen LogP contribution in [0.15, 0.2) is 42.9 Å². The van der Waals surface area contributed by atoms with Gasteiger partial charge in [-0.1, -0.05) is 0 Å². The largest absolute Gasteiger partial charge is 0.350 e. The minimum Gasteiger partial charge on any atom is -0.350 e. The van der Waals surface area contributed by atoms with E-state index in [2.05, 4.69) is 49.1 Å². The summed E-state index contributed by atoms with van der Waals surface area (Å²) in [5.74, 6) is 0.518. The van der Waals surface area contributed by atoms with Gasteiger partial charge in [-0.2, -0.15) is 0 Å². The minimum absolute atomic E-state index is 0.0834. The first-order chi connectivity index (χ1) is 14.5. The summed E-state index contributed by atoms with van der Waals surface area (Å²) < 4.78 is 0. The fourth-order valence-electron chi connectivity index (χ4n) is 3.64. The Bertz CT molecular complexity index is 1010. The van der Waals surface area contributed by atoms with E-state index in [1.165, 1.54) is 0 Å². The zero-order valence-corrected chi connectivity index (χ0v) is 17.6. The van der Waals surface area contributed by atoms with Crippen molar-refractivity contribution in [3.8, 4) is 0 Å². The van der Waals surface area contributed by atoms with Crippen molar-refractivity contribution in [1.29, 1.82) is 0 Å². The van der Waals surface area contributed by atoms with Gasteiger partial charge in [-0.25, -0.2) is 19.9 Å². The van der Waals surface area contributed by atoms with Crippen molar-refractivity contribution in [2.45, 2.75) is 32.9 Å². The SMILES string of the molecule is CC(C)NC(=O)c1cnc(N2CCN(C(C)c3ccc4cccnc4n3)CC2)nc1. The van der Waals surface area contributed by atoms with Gasteiger partial charge in [0.2, 0.25) is 5.95 Å². The standard InChI is InChI=1S/C22H27N7O/c1-15(2)26-21(30)18-13-24-22(25-14-18)29-11-9-28(10-12-29)16(3)19-7-6-17-5-4-8-23-20(17)27-19/h4-8,13-16H,9-12H2,1-3H3,(H,26,30). The monoisotopic (exact) mass is 405 g/mol. The second-order valence-electron chi connectivity index (χ2n) is 7.89. The average molecular weight is 406 g/mol. The van der Waals surface area contributed by atoms with E-state index in [-0.39, 0.29) is 18.0 Å². The Balaban J connectivity index is 1.37. The van der Waals surface area contributed by atoms with Crippen LogP contribution in [0.4, 0.5) is 5.95 Å². The van der Waals surface area contributed by atoms with Crippen molar-refractivity contribution in [2.75, 3.05) is 31.1 Å². The summed E-state index contributed by atoms with van der Waals surface area (Å²) in [7, 11) is 0. The maximum absolute atomic E-state index is 12.1. The Morgan fingerprint density at radius 2 is 1.73 bits per heavy atom. The summed E-state index contributed by atoms with van der Waals surface area (Å²) >= 11 is 0. The molecule has 0 spiro atoms. The second-order valence-corrected chi connectivity index (χ2v) is 7.89. The molecule has 1 aliphatic heterocycles. The summed E-state index contributed by atoms with van der Waals surface area (Å²) in [5, 5.41) is 3.91. The van der Waals surface area contributed by atoms with Gasteiger partial charge in [0.1, 0.15) is 0 Å². The molecular formula is C22H27N7O. The van der Waals surface area contributed by atoms with Gasteiger partial charge in [0.05, 0.1) is 11.3 Å². The molecule has 3 aromatic rings. The summed E-state index contributed by atoms with van der Waals surface area (Å²) in [6.07, 6.45) is 4.97. The van der Waals surface area contributed by atoms with E-state index in [0.29, 0.717) is 11.5 Å². The van der Waals surface area contributed by atoms with Crippen LogP contribution in [0.25, 0.3) is 11.0 Å². The molecule has 30 heavy (non-hydrogen) atoms. The average Bonchev–Trinajstić information content (AvgIpc) is 2.78. The first kappa shape index (κ1) is 20.2. The van der Waals surface area contributed by atoms with Crippen LogP contribution in [0.3, 0.4) is 0 Å². The van der Waals surface area contributed by atoms with Gasteiger partial charge in [-0.3, -0.25) is 9.69 Å². The number of anilines is 1. The van der Waals surface area contributed by atoms with E-state index in [0.717, 1.165) is 42.9 Å². The van der Waals surface area contributed by atoms with E-state index < -0.39 is 0 Å². The van der Waals surface area contributed by atoms with Crippen molar-refractivity contribution in [1.82, 2.24) is 30.2 Å². The first-order valence-electron chi connectivity index (χ1n) is 10.3. The van der Waals surface area contributed by atoms with Gasteiger partial charge < -0.3 is 10.2 Å². The van der Waals surface area contributed by atoms with Crippen LogP contribution in [-0.4, -0.2) is 63.0 Å². The molecule has 8 heteroatoms. The van der Waals surface area contributed by atoms with Gasteiger partial charge in [-0.05, 0) is 45.0 Å². The molecule has 1 aliphatic rings. The third-order valence-electron chi connectivity index (χ3n) is 5.38. The molecule has 3 aromatic heterocycles.